The molecule has 0 amide bonds. The Labute approximate surface area is 107 Å². The fourth-order valence-electron chi connectivity index (χ4n) is 1.97. The minimum atomic E-state index is 0.623. The molecule has 0 saturated heterocycles. The molecular weight excluding hydrogens is 228 g/mol. The van der Waals surface area contributed by atoms with Crippen LogP contribution in [-0.4, -0.2) is 46.8 Å². The summed E-state index contributed by atoms with van der Waals surface area (Å²) in [7, 11) is 5.84. The van der Waals surface area contributed by atoms with E-state index in [2.05, 4.69) is 16.0 Å². The van der Waals surface area contributed by atoms with Gasteiger partial charge in [0.25, 0.3) is 0 Å². The van der Waals surface area contributed by atoms with Crippen LogP contribution in [0.4, 0.5) is 0 Å². The zero-order valence-electron chi connectivity index (χ0n) is 11.4. The van der Waals surface area contributed by atoms with Gasteiger partial charge >= 0.3 is 0 Å². The van der Waals surface area contributed by atoms with Gasteiger partial charge in [-0.15, -0.1) is 4.85 Å². The van der Waals surface area contributed by atoms with Crippen LogP contribution < -0.4 is 5.49 Å². The van der Waals surface area contributed by atoms with Crippen molar-refractivity contribution in [2.45, 2.75) is 6.92 Å². The van der Waals surface area contributed by atoms with Crippen LogP contribution in [0.2, 0.25) is 0 Å². The van der Waals surface area contributed by atoms with Gasteiger partial charge in [-0.2, -0.15) is 0 Å². The van der Waals surface area contributed by atoms with E-state index in [9.17, 15) is 5.21 Å². The van der Waals surface area contributed by atoms with E-state index >= 15 is 0 Å². The molecule has 1 N–H and O–H groups in total. The number of hydrogen-bond acceptors (Lipinski definition) is 3. The van der Waals surface area contributed by atoms with E-state index in [0.29, 0.717) is 12.0 Å². The molecule has 1 aromatic carbocycles. The van der Waals surface area contributed by atoms with Crippen LogP contribution in [-0.2, 0) is 7.05 Å². The maximum absolute atomic E-state index is 10.0. The largest absolute Gasteiger partial charge is 0.411 e. The summed E-state index contributed by atoms with van der Waals surface area (Å²) in [6.45, 7) is 3.57. The van der Waals surface area contributed by atoms with Crippen LogP contribution in [0, 0.1) is 6.92 Å². The van der Waals surface area contributed by atoms with Gasteiger partial charge in [-0.3, -0.25) is 9.67 Å². The third-order valence-electron chi connectivity index (χ3n) is 3.02. The lowest BCUT2D eigenvalue weighted by Gasteiger charge is -2.05. The summed E-state index contributed by atoms with van der Waals surface area (Å²) in [5.74, 6) is 0. The van der Waals surface area contributed by atoms with Crippen LogP contribution in [0.5, 0.6) is 0 Å². The number of rotatable bonds is 3. The Morgan fingerprint density at radius 1 is 1.33 bits per heavy atom. The second-order valence-corrected chi connectivity index (χ2v) is 4.84. The van der Waals surface area contributed by atoms with Gasteiger partial charge in [-0.25, -0.2) is 0 Å². The van der Waals surface area contributed by atoms with Crippen LogP contribution in [0.1, 0.15) is 5.56 Å². The highest BCUT2D eigenvalue weighted by Crippen LogP contribution is 2.11. The minimum absolute atomic E-state index is 0.623. The van der Waals surface area contributed by atoms with Crippen LogP contribution in [0.25, 0.3) is 10.9 Å². The summed E-state index contributed by atoms with van der Waals surface area (Å²) in [5, 5.41) is 11.0. The predicted octanol–water partition coefficient (Wildman–Crippen LogP) is 0.988. The molecule has 0 aliphatic heterocycles. The van der Waals surface area contributed by atoms with Gasteiger partial charge in [0.2, 0.25) is 0 Å². The van der Waals surface area contributed by atoms with Gasteiger partial charge in [0.1, 0.15) is 0 Å². The highest BCUT2D eigenvalue weighted by molar-refractivity contribution is 5.79. The molecule has 0 unspecified atom stereocenters. The third kappa shape index (κ3) is 2.26. The first-order valence-electron chi connectivity index (χ1n) is 6.03. The monoisotopic (exact) mass is 248 g/mol. The number of likely N-dealkylation sites (N-methyl/N-ethyl adjacent to an activating group) is 1. The van der Waals surface area contributed by atoms with Crippen molar-refractivity contribution in [3.05, 3.63) is 29.3 Å². The standard InChI is InChI=1S/C13H20N4O/c1-10-5-6-12-11(9-10)13(17(18)16(12)4)14-7-8-15(2)3/h5-6,9,18H,7-8H2,1-4H3. The fourth-order valence-corrected chi connectivity index (χ4v) is 1.97. The van der Waals surface area contributed by atoms with Gasteiger partial charge < -0.3 is 10.1 Å². The molecule has 0 aliphatic rings. The van der Waals surface area contributed by atoms with Crippen molar-refractivity contribution in [2.24, 2.45) is 12.0 Å². The molecule has 0 aliphatic carbocycles. The molecule has 2 rings (SSSR count). The van der Waals surface area contributed by atoms with Crippen molar-refractivity contribution in [1.82, 2.24) is 14.4 Å². The highest BCUT2D eigenvalue weighted by atomic mass is 16.5. The summed E-state index contributed by atoms with van der Waals surface area (Å²) in [6, 6.07) is 6.09. The number of fused-ring (bicyclic) bond motifs is 1. The second-order valence-electron chi connectivity index (χ2n) is 4.84. The van der Waals surface area contributed by atoms with Gasteiger partial charge in [0.15, 0.2) is 5.49 Å². The lowest BCUT2D eigenvalue weighted by molar-refractivity contribution is 0.109. The predicted molar refractivity (Wildman–Crippen MR) is 71.8 cm³/mol. The highest BCUT2D eigenvalue weighted by Gasteiger charge is 2.07. The van der Waals surface area contributed by atoms with Crippen molar-refractivity contribution in [2.75, 3.05) is 27.2 Å². The Kier molecular flexibility index (Phi) is 3.43. The smallest absolute Gasteiger partial charge is 0.192 e. The van der Waals surface area contributed by atoms with Crippen molar-refractivity contribution in [3.8, 4) is 0 Å². The Balaban J connectivity index is 2.55. The van der Waals surface area contributed by atoms with Gasteiger partial charge in [0, 0.05) is 19.0 Å². The first kappa shape index (κ1) is 12.7. The van der Waals surface area contributed by atoms with E-state index in [1.165, 1.54) is 0 Å². The Morgan fingerprint density at radius 3 is 2.72 bits per heavy atom. The van der Waals surface area contributed by atoms with Crippen LogP contribution in [0.15, 0.2) is 23.2 Å². The summed E-state index contributed by atoms with van der Waals surface area (Å²) in [4.78, 5) is 7.67. The second kappa shape index (κ2) is 4.86. The number of aryl methyl sites for hydroxylation is 2. The zero-order valence-corrected chi connectivity index (χ0v) is 11.4. The maximum atomic E-state index is 10.0. The number of benzene rings is 1. The summed E-state index contributed by atoms with van der Waals surface area (Å²) in [6.07, 6.45) is 0. The molecule has 5 nitrogen and oxygen atoms in total. The van der Waals surface area contributed by atoms with E-state index in [-0.39, 0.29) is 0 Å². The summed E-state index contributed by atoms with van der Waals surface area (Å²) in [5.41, 5.74) is 2.77. The number of hydrogen-bond donors (Lipinski definition) is 1. The van der Waals surface area contributed by atoms with Crippen LogP contribution >= 0.6 is 0 Å². The SMILES string of the molecule is Cc1ccc2c(c1)c(=NCCN(C)C)n(O)n2C. The molecule has 0 fully saturated rings. The third-order valence-corrected chi connectivity index (χ3v) is 3.02. The average molecular weight is 248 g/mol. The Morgan fingerprint density at radius 2 is 2.06 bits per heavy atom. The Hall–Kier alpha value is -1.75. The Bertz CT molecular complexity index is 622. The lowest BCUT2D eigenvalue weighted by Crippen LogP contribution is -2.23. The number of aromatic nitrogens is 2. The zero-order chi connectivity index (χ0) is 13.3. The molecular formula is C13H20N4O. The summed E-state index contributed by atoms with van der Waals surface area (Å²) >= 11 is 0. The van der Waals surface area contributed by atoms with Crippen molar-refractivity contribution in [1.29, 1.82) is 0 Å². The molecule has 98 valence electrons. The number of nitrogens with zero attached hydrogens (tertiary/aromatic N) is 4. The van der Waals surface area contributed by atoms with E-state index in [4.69, 9.17) is 0 Å². The normalized spacial score (nSPS) is 12.8. The topological polar surface area (TPSA) is 45.7 Å². The molecule has 1 heterocycles. The molecule has 2 aromatic rings. The summed E-state index contributed by atoms with van der Waals surface area (Å²) < 4.78 is 1.70. The van der Waals surface area contributed by atoms with E-state index in [1.807, 2.05) is 40.2 Å². The molecule has 0 radical (unpaired) electrons. The van der Waals surface area contributed by atoms with Crippen molar-refractivity contribution < 1.29 is 5.21 Å². The quantitative estimate of drug-likeness (QED) is 0.823. The molecule has 5 heteroatoms. The molecule has 18 heavy (non-hydrogen) atoms. The van der Waals surface area contributed by atoms with Crippen molar-refractivity contribution in [3.63, 3.8) is 0 Å². The molecule has 0 spiro atoms. The van der Waals surface area contributed by atoms with Gasteiger partial charge in [0.05, 0.1) is 12.1 Å². The first-order chi connectivity index (χ1) is 8.50. The lowest BCUT2D eigenvalue weighted by atomic mass is 10.2. The average Bonchev–Trinajstić information content (AvgIpc) is 2.53. The van der Waals surface area contributed by atoms with Gasteiger partial charge in [-0.05, 0) is 33.2 Å². The maximum Gasteiger partial charge on any atom is 0.192 e. The fraction of sp³-hybridized carbons (Fsp3) is 0.462. The van der Waals surface area contributed by atoms with E-state index in [0.717, 1.165) is 27.9 Å². The van der Waals surface area contributed by atoms with E-state index < -0.39 is 0 Å². The van der Waals surface area contributed by atoms with Gasteiger partial charge in [-0.1, -0.05) is 11.6 Å². The van der Waals surface area contributed by atoms with Crippen molar-refractivity contribution >= 4 is 10.9 Å². The van der Waals surface area contributed by atoms with Crippen LogP contribution in [0.3, 0.4) is 0 Å². The minimum Gasteiger partial charge on any atom is -0.411 e. The molecule has 0 bridgehead atoms. The molecule has 0 saturated carbocycles. The first-order valence-corrected chi connectivity index (χ1v) is 6.03. The van der Waals surface area contributed by atoms with E-state index in [1.54, 1.807) is 4.68 Å². The molecule has 0 atom stereocenters. The molecule has 1 aromatic heterocycles.